The minimum atomic E-state index is -0.183. The Labute approximate surface area is 139 Å². The van der Waals surface area contributed by atoms with Crippen molar-refractivity contribution in [2.24, 2.45) is 0 Å². The topological polar surface area (TPSA) is 62.6 Å². The molecule has 6 heteroatoms. The molecule has 120 valence electrons. The molecule has 1 atom stereocenters. The van der Waals surface area contributed by atoms with Gasteiger partial charge in [0, 0.05) is 17.9 Å². The van der Waals surface area contributed by atoms with E-state index in [-0.39, 0.29) is 24.3 Å². The van der Waals surface area contributed by atoms with Gasteiger partial charge in [-0.2, -0.15) is 0 Å². The highest BCUT2D eigenvalue weighted by Gasteiger charge is 2.24. The summed E-state index contributed by atoms with van der Waals surface area (Å²) in [6.45, 7) is 2.25. The first-order valence-corrected chi connectivity index (χ1v) is 8.48. The fourth-order valence-corrected chi connectivity index (χ4v) is 3.47. The van der Waals surface area contributed by atoms with Crippen LogP contribution in [0.4, 0.5) is 5.69 Å². The molecule has 5 nitrogen and oxygen atoms in total. The summed E-state index contributed by atoms with van der Waals surface area (Å²) in [6.07, 6.45) is 1.84. The second-order valence-electron chi connectivity index (χ2n) is 5.36. The molecule has 0 bridgehead atoms. The van der Waals surface area contributed by atoms with E-state index < -0.39 is 0 Å². The van der Waals surface area contributed by atoms with Gasteiger partial charge in [-0.25, -0.2) is 0 Å². The van der Waals surface area contributed by atoms with Gasteiger partial charge in [0.25, 0.3) is 0 Å². The molecule has 0 saturated heterocycles. The second-order valence-corrected chi connectivity index (χ2v) is 6.37. The van der Waals surface area contributed by atoms with Crippen molar-refractivity contribution in [2.75, 3.05) is 17.2 Å². The van der Waals surface area contributed by atoms with Gasteiger partial charge in [0.05, 0.1) is 23.7 Å². The van der Waals surface area contributed by atoms with Crippen molar-refractivity contribution in [3.8, 4) is 0 Å². The Kier molecular flexibility index (Phi) is 4.71. The number of thioether (sulfide) groups is 1. The number of anilines is 1. The number of benzene rings is 1. The standard InChI is InChI=1S/C17H18N2O3S/c1-12(14-6-4-10-22-14)18-16(20)8-9-19-13-5-2-3-7-15(13)23-11-17(19)21/h2-7,10,12H,8-9,11H2,1H3,(H,18,20)/t12-/m0/s1. The Bertz CT molecular complexity index is 700. The molecule has 2 aromatic rings. The van der Waals surface area contributed by atoms with Gasteiger partial charge in [0.15, 0.2) is 0 Å². The van der Waals surface area contributed by atoms with Crippen LogP contribution in [0.2, 0.25) is 0 Å². The Morgan fingerprint density at radius 2 is 2.17 bits per heavy atom. The van der Waals surface area contributed by atoms with Gasteiger partial charge in [-0.05, 0) is 31.2 Å². The minimum Gasteiger partial charge on any atom is -0.467 e. The van der Waals surface area contributed by atoms with Crippen LogP contribution in [0.15, 0.2) is 52.0 Å². The number of furan rings is 1. The number of hydrogen-bond acceptors (Lipinski definition) is 4. The summed E-state index contributed by atoms with van der Waals surface area (Å²) in [6, 6.07) is 11.2. The molecule has 1 aromatic heterocycles. The number of carbonyl (C=O) groups is 2. The van der Waals surface area contributed by atoms with Crippen LogP contribution in [0.3, 0.4) is 0 Å². The quantitative estimate of drug-likeness (QED) is 0.915. The van der Waals surface area contributed by atoms with E-state index in [1.165, 1.54) is 11.8 Å². The van der Waals surface area contributed by atoms with E-state index in [0.717, 1.165) is 10.6 Å². The third-order valence-corrected chi connectivity index (χ3v) is 4.77. The van der Waals surface area contributed by atoms with Crippen molar-refractivity contribution in [1.82, 2.24) is 5.32 Å². The first kappa shape index (κ1) is 15.7. The lowest BCUT2D eigenvalue weighted by Gasteiger charge is -2.28. The maximum atomic E-state index is 12.1. The van der Waals surface area contributed by atoms with E-state index in [1.807, 2.05) is 37.3 Å². The summed E-state index contributed by atoms with van der Waals surface area (Å²) in [5.41, 5.74) is 0.889. The predicted molar refractivity (Wildman–Crippen MR) is 89.4 cm³/mol. The van der Waals surface area contributed by atoms with Crippen LogP contribution in [0.1, 0.15) is 25.1 Å². The van der Waals surface area contributed by atoms with Gasteiger partial charge in [0.1, 0.15) is 5.76 Å². The summed E-state index contributed by atoms with van der Waals surface area (Å²) < 4.78 is 5.27. The monoisotopic (exact) mass is 330 g/mol. The molecule has 0 spiro atoms. The van der Waals surface area contributed by atoms with Crippen molar-refractivity contribution in [2.45, 2.75) is 24.3 Å². The van der Waals surface area contributed by atoms with E-state index in [9.17, 15) is 9.59 Å². The Morgan fingerprint density at radius 3 is 2.96 bits per heavy atom. The number of fused-ring (bicyclic) bond motifs is 1. The number of carbonyl (C=O) groups excluding carboxylic acids is 2. The first-order valence-electron chi connectivity index (χ1n) is 7.50. The molecule has 3 rings (SSSR count). The van der Waals surface area contributed by atoms with Crippen LogP contribution in [0, 0.1) is 0 Å². The molecule has 2 heterocycles. The van der Waals surface area contributed by atoms with Gasteiger partial charge in [-0.15, -0.1) is 11.8 Å². The fraction of sp³-hybridized carbons (Fsp3) is 0.294. The summed E-state index contributed by atoms with van der Waals surface area (Å²) in [5.74, 6) is 1.08. The normalized spacial score (nSPS) is 15.2. The molecular weight excluding hydrogens is 312 g/mol. The number of nitrogens with zero attached hydrogens (tertiary/aromatic N) is 1. The zero-order valence-electron chi connectivity index (χ0n) is 12.8. The summed E-state index contributed by atoms with van der Waals surface area (Å²) in [7, 11) is 0. The van der Waals surface area contributed by atoms with E-state index in [2.05, 4.69) is 5.32 Å². The number of nitrogens with one attached hydrogen (secondary N) is 1. The molecular formula is C17H18N2O3S. The predicted octanol–water partition coefficient (Wildman–Crippen LogP) is 2.99. The van der Waals surface area contributed by atoms with Gasteiger partial charge in [-0.3, -0.25) is 9.59 Å². The zero-order chi connectivity index (χ0) is 16.2. The molecule has 1 aromatic carbocycles. The average molecular weight is 330 g/mol. The van der Waals surface area contributed by atoms with Crippen LogP contribution in [-0.2, 0) is 9.59 Å². The lowest BCUT2D eigenvalue weighted by molar-refractivity contribution is -0.121. The molecule has 1 aliphatic rings. The second kappa shape index (κ2) is 6.91. The Hall–Kier alpha value is -2.21. The van der Waals surface area contributed by atoms with Crippen molar-refractivity contribution in [3.63, 3.8) is 0 Å². The van der Waals surface area contributed by atoms with Crippen LogP contribution >= 0.6 is 11.8 Å². The lowest BCUT2D eigenvalue weighted by atomic mass is 10.2. The Morgan fingerprint density at radius 1 is 1.35 bits per heavy atom. The molecule has 0 saturated carbocycles. The van der Waals surface area contributed by atoms with Gasteiger partial charge in [-0.1, -0.05) is 12.1 Å². The molecule has 0 aliphatic carbocycles. The van der Waals surface area contributed by atoms with Crippen LogP contribution in [0.25, 0.3) is 0 Å². The van der Waals surface area contributed by atoms with Crippen molar-refractivity contribution >= 4 is 29.3 Å². The van der Waals surface area contributed by atoms with Crippen LogP contribution in [-0.4, -0.2) is 24.1 Å². The molecule has 1 N–H and O–H groups in total. The van der Waals surface area contributed by atoms with Crippen molar-refractivity contribution < 1.29 is 14.0 Å². The molecule has 0 fully saturated rings. The maximum Gasteiger partial charge on any atom is 0.237 e. The van der Waals surface area contributed by atoms with Crippen molar-refractivity contribution in [1.29, 1.82) is 0 Å². The molecule has 23 heavy (non-hydrogen) atoms. The third kappa shape index (κ3) is 3.59. The highest BCUT2D eigenvalue weighted by Crippen LogP contribution is 2.34. The minimum absolute atomic E-state index is 0.0422. The first-order chi connectivity index (χ1) is 11.1. The van der Waals surface area contributed by atoms with Gasteiger partial charge < -0.3 is 14.6 Å². The highest BCUT2D eigenvalue weighted by atomic mass is 32.2. The fourth-order valence-electron chi connectivity index (χ4n) is 2.53. The SMILES string of the molecule is C[C@H](NC(=O)CCN1C(=O)CSc2ccccc21)c1ccco1. The molecule has 0 unspecified atom stereocenters. The Balaban J connectivity index is 1.59. The smallest absolute Gasteiger partial charge is 0.237 e. The van der Waals surface area contributed by atoms with Gasteiger partial charge >= 0.3 is 0 Å². The average Bonchev–Trinajstić information content (AvgIpc) is 3.08. The van der Waals surface area contributed by atoms with E-state index in [0.29, 0.717) is 18.1 Å². The summed E-state index contributed by atoms with van der Waals surface area (Å²) in [5, 5.41) is 2.88. The zero-order valence-corrected chi connectivity index (χ0v) is 13.6. The lowest BCUT2D eigenvalue weighted by Crippen LogP contribution is -2.38. The molecule has 0 radical (unpaired) electrons. The number of hydrogen-bond donors (Lipinski definition) is 1. The largest absolute Gasteiger partial charge is 0.467 e. The van der Waals surface area contributed by atoms with E-state index in [1.54, 1.807) is 17.2 Å². The van der Waals surface area contributed by atoms with E-state index in [4.69, 9.17) is 4.42 Å². The summed E-state index contributed by atoms with van der Waals surface area (Å²) in [4.78, 5) is 27.0. The van der Waals surface area contributed by atoms with Crippen molar-refractivity contribution in [3.05, 3.63) is 48.4 Å². The molecule has 1 aliphatic heterocycles. The van der Waals surface area contributed by atoms with E-state index >= 15 is 0 Å². The van der Waals surface area contributed by atoms with Crippen LogP contribution < -0.4 is 10.2 Å². The molecule has 2 amide bonds. The van der Waals surface area contributed by atoms with Gasteiger partial charge in [0.2, 0.25) is 11.8 Å². The third-order valence-electron chi connectivity index (χ3n) is 3.72. The van der Waals surface area contributed by atoms with Crippen LogP contribution in [0.5, 0.6) is 0 Å². The number of rotatable bonds is 5. The maximum absolute atomic E-state index is 12.1. The number of amides is 2. The summed E-state index contributed by atoms with van der Waals surface area (Å²) >= 11 is 1.54. The highest BCUT2D eigenvalue weighted by molar-refractivity contribution is 8.00. The number of para-hydroxylation sites is 1.